The predicted molar refractivity (Wildman–Crippen MR) is 55.6 cm³/mol. The van der Waals surface area contributed by atoms with Crippen molar-refractivity contribution in [1.29, 1.82) is 0 Å². The molecule has 0 aliphatic heterocycles. The highest BCUT2D eigenvalue weighted by atomic mass is 16.5. The fourth-order valence-electron chi connectivity index (χ4n) is 1.00. The minimum absolute atomic E-state index is 0.0111. The Morgan fingerprint density at radius 2 is 2.25 bits per heavy atom. The molecule has 1 amide bonds. The third-order valence-corrected chi connectivity index (χ3v) is 1.72. The van der Waals surface area contributed by atoms with E-state index in [0.717, 1.165) is 0 Å². The summed E-state index contributed by atoms with van der Waals surface area (Å²) in [5.41, 5.74) is 0. The molecule has 0 fully saturated rings. The highest BCUT2D eigenvalue weighted by Crippen LogP contribution is 2.00. The van der Waals surface area contributed by atoms with Crippen molar-refractivity contribution < 1.29 is 14.3 Å². The maximum Gasteiger partial charge on any atom is 0.327 e. The molecule has 0 aliphatic rings. The largest absolute Gasteiger partial charge is 0.465 e. The van der Waals surface area contributed by atoms with Crippen molar-refractivity contribution in [3.05, 3.63) is 6.20 Å². The summed E-state index contributed by atoms with van der Waals surface area (Å²) in [7, 11) is 0. The Morgan fingerprint density at radius 1 is 1.50 bits per heavy atom. The van der Waals surface area contributed by atoms with Crippen LogP contribution in [0.25, 0.3) is 0 Å². The predicted octanol–water partition coefficient (Wildman–Crippen LogP) is 0.190. The van der Waals surface area contributed by atoms with E-state index in [0.29, 0.717) is 18.8 Å². The Hall–Kier alpha value is -1.92. The first-order valence-electron chi connectivity index (χ1n) is 5.01. The molecule has 7 heteroatoms. The number of hydrogen-bond acceptors (Lipinski definition) is 5. The maximum absolute atomic E-state index is 11.1. The first-order chi connectivity index (χ1) is 7.65. The van der Waals surface area contributed by atoms with E-state index in [2.05, 4.69) is 15.6 Å². The third kappa shape index (κ3) is 3.68. The number of carbonyl (C=O) groups excluding carboxylic acids is 2. The molecular formula is C9H14N4O3. The van der Waals surface area contributed by atoms with Crippen molar-refractivity contribution in [2.24, 2.45) is 0 Å². The van der Waals surface area contributed by atoms with Crippen molar-refractivity contribution in [3.63, 3.8) is 0 Å². The molecule has 16 heavy (non-hydrogen) atoms. The van der Waals surface area contributed by atoms with Gasteiger partial charge in [0.05, 0.1) is 12.8 Å². The van der Waals surface area contributed by atoms with Gasteiger partial charge in [-0.05, 0) is 6.92 Å². The van der Waals surface area contributed by atoms with Gasteiger partial charge in [-0.2, -0.15) is 0 Å². The number of carbonyl (C=O) groups is 2. The standard InChI is InChI=1S/C9H14N4O3/c1-3-8(14)10-7-5-13(12-11-7)6-9(15)16-4-2/h5H,3-4,6H2,1-2H3,(H,10,14). The zero-order valence-electron chi connectivity index (χ0n) is 9.27. The average Bonchev–Trinajstić information content (AvgIpc) is 2.65. The molecule has 0 saturated carbocycles. The van der Waals surface area contributed by atoms with E-state index in [1.54, 1.807) is 13.8 Å². The summed E-state index contributed by atoms with van der Waals surface area (Å²) in [4.78, 5) is 22.1. The average molecular weight is 226 g/mol. The van der Waals surface area contributed by atoms with E-state index < -0.39 is 0 Å². The topological polar surface area (TPSA) is 86.1 Å². The van der Waals surface area contributed by atoms with E-state index in [-0.39, 0.29) is 18.4 Å². The summed E-state index contributed by atoms with van der Waals surface area (Å²) in [6.45, 7) is 3.78. The number of anilines is 1. The normalized spacial score (nSPS) is 9.88. The number of aromatic nitrogens is 3. The van der Waals surface area contributed by atoms with Gasteiger partial charge in [0, 0.05) is 6.42 Å². The Kier molecular flexibility index (Phi) is 4.43. The van der Waals surface area contributed by atoms with Crippen LogP contribution in [0, 0.1) is 0 Å². The highest BCUT2D eigenvalue weighted by Gasteiger charge is 2.07. The molecule has 1 aromatic heterocycles. The fraction of sp³-hybridized carbons (Fsp3) is 0.556. The van der Waals surface area contributed by atoms with Crippen LogP contribution in [0.4, 0.5) is 5.82 Å². The number of ether oxygens (including phenoxy) is 1. The number of amides is 1. The number of nitrogens with one attached hydrogen (secondary N) is 1. The molecule has 0 atom stereocenters. The monoisotopic (exact) mass is 226 g/mol. The van der Waals surface area contributed by atoms with Gasteiger partial charge in [0.25, 0.3) is 0 Å². The quantitative estimate of drug-likeness (QED) is 0.724. The van der Waals surface area contributed by atoms with Gasteiger partial charge in [-0.1, -0.05) is 12.1 Å². The molecule has 1 rings (SSSR count). The first kappa shape index (κ1) is 12.2. The lowest BCUT2D eigenvalue weighted by Crippen LogP contribution is -2.13. The van der Waals surface area contributed by atoms with E-state index in [1.807, 2.05) is 0 Å². The van der Waals surface area contributed by atoms with Crippen LogP contribution < -0.4 is 5.32 Å². The van der Waals surface area contributed by atoms with Crippen molar-refractivity contribution in [2.75, 3.05) is 11.9 Å². The zero-order valence-corrected chi connectivity index (χ0v) is 9.27. The number of esters is 1. The van der Waals surface area contributed by atoms with Crippen LogP contribution in [0.3, 0.4) is 0 Å². The van der Waals surface area contributed by atoms with Crippen molar-refractivity contribution >= 4 is 17.7 Å². The van der Waals surface area contributed by atoms with E-state index in [4.69, 9.17) is 4.74 Å². The van der Waals surface area contributed by atoms with Crippen LogP contribution in [0.2, 0.25) is 0 Å². The van der Waals surface area contributed by atoms with Gasteiger partial charge in [-0.25, -0.2) is 4.68 Å². The molecule has 0 aliphatic carbocycles. The molecule has 0 unspecified atom stereocenters. The molecule has 88 valence electrons. The number of nitrogens with zero attached hydrogens (tertiary/aromatic N) is 3. The first-order valence-corrected chi connectivity index (χ1v) is 5.01. The maximum atomic E-state index is 11.1. The lowest BCUT2D eigenvalue weighted by atomic mass is 10.4. The molecule has 0 radical (unpaired) electrons. The van der Waals surface area contributed by atoms with Crippen LogP contribution in [0.5, 0.6) is 0 Å². The third-order valence-electron chi connectivity index (χ3n) is 1.72. The van der Waals surface area contributed by atoms with Crippen LogP contribution in [-0.2, 0) is 20.9 Å². The zero-order chi connectivity index (χ0) is 12.0. The van der Waals surface area contributed by atoms with Gasteiger partial charge >= 0.3 is 5.97 Å². The molecule has 1 N–H and O–H groups in total. The summed E-state index contributed by atoms with van der Waals surface area (Å²) >= 11 is 0. The van der Waals surface area contributed by atoms with Gasteiger partial charge in [-0.15, -0.1) is 5.10 Å². The molecular weight excluding hydrogens is 212 g/mol. The van der Waals surface area contributed by atoms with Crippen LogP contribution in [-0.4, -0.2) is 33.5 Å². The SMILES string of the molecule is CCOC(=O)Cn1cc(NC(=O)CC)nn1. The van der Waals surface area contributed by atoms with Gasteiger partial charge in [0.2, 0.25) is 5.91 Å². The second kappa shape index (κ2) is 5.84. The van der Waals surface area contributed by atoms with Gasteiger partial charge < -0.3 is 10.1 Å². The molecule has 0 saturated heterocycles. The van der Waals surface area contributed by atoms with Gasteiger partial charge in [0.15, 0.2) is 5.82 Å². The molecule has 1 heterocycles. The van der Waals surface area contributed by atoms with Crippen LogP contribution in [0.15, 0.2) is 6.20 Å². The Morgan fingerprint density at radius 3 is 2.88 bits per heavy atom. The van der Waals surface area contributed by atoms with E-state index in [1.165, 1.54) is 10.9 Å². The number of hydrogen-bond donors (Lipinski definition) is 1. The fourth-order valence-corrected chi connectivity index (χ4v) is 1.00. The second-order valence-corrected chi connectivity index (χ2v) is 3.01. The van der Waals surface area contributed by atoms with Crippen molar-refractivity contribution in [1.82, 2.24) is 15.0 Å². The Labute approximate surface area is 92.8 Å². The minimum atomic E-state index is -0.388. The number of rotatable bonds is 5. The van der Waals surface area contributed by atoms with Gasteiger partial charge in [-0.3, -0.25) is 9.59 Å². The van der Waals surface area contributed by atoms with Crippen molar-refractivity contribution in [3.8, 4) is 0 Å². The van der Waals surface area contributed by atoms with Crippen LogP contribution >= 0.6 is 0 Å². The van der Waals surface area contributed by atoms with E-state index in [9.17, 15) is 9.59 Å². The lowest BCUT2D eigenvalue weighted by Gasteiger charge is -2.00. The van der Waals surface area contributed by atoms with E-state index >= 15 is 0 Å². The molecule has 1 aromatic rings. The highest BCUT2D eigenvalue weighted by molar-refractivity contribution is 5.89. The van der Waals surface area contributed by atoms with Crippen LogP contribution in [0.1, 0.15) is 20.3 Å². The molecule has 7 nitrogen and oxygen atoms in total. The smallest absolute Gasteiger partial charge is 0.327 e. The molecule has 0 aromatic carbocycles. The summed E-state index contributed by atoms with van der Waals surface area (Å²) in [6.07, 6.45) is 1.84. The van der Waals surface area contributed by atoms with Crippen molar-refractivity contribution in [2.45, 2.75) is 26.8 Å². The Bertz CT molecular complexity index is 375. The lowest BCUT2D eigenvalue weighted by molar-refractivity contribution is -0.144. The summed E-state index contributed by atoms with van der Waals surface area (Å²) in [5.74, 6) is -0.208. The molecule has 0 spiro atoms. The molecule has 0 bridgehead atoms. The summed E-state index contributed by atoms with van der Waals surface area (Å²) < 4.78 is 6.05. The van der Waals surface area contributed by atoms with Gasteiger partial charge in [0.1, 0.15) is 6.54 Å². The minimum Gasteiger partial charge on any atom is -0.465 e. The summed E-state index contributed by atoms with van der Waals surface area (Å²) in [6, 6.07) is 0. The second-order valence-electron chi connectivity index (χ2n) is 3.01. The Balaban J connectivity index is 2.51. The summed E-state index contributed by atoms with van der Waals surface area (Å²) in [5, 5.41) is 9.90.